The standard InChI is InChI=1S/C28H28N6O2/c1-19-6-3-4-7-21(19)15-29-28-30-16-23(27-31-26(32-34(27)28)25-8-5-13-36-25)18-33-12-11-20-9-10-24(35-2)14-22(20)17-33/h3-10,13-14,16H,11-12,15,17-18H2,1-2H3,(H,29,30). The molecule has 0 bridgehead atoms. The summed E-state index contributed by atoms with van der Waals surface area (Å²) in [6.45, 7) is 5.30. The Bertz CT molecular complexity index is 1510. The van der Waals surface area contributed by atoms with Gasteiger partial charge in [-0.05, 0) is 59.9 Å². The molecule has 8 heteroatoms. The van der Waals surface area contributed by atoms with E-state index in [-0.39, 0.29) is 0 Å². The molecular formula is C28H28N6O2. The fourth-order valence-corrected chi connectivity index (χ4v) is 4.74. The number of hydrogen-bond acceptors (Lipinski definition) is 7. The second kappa shape index (κ2) is 9.47. The molecule has 0 spiro atoms. The zero-order valence-electron chi connectivity index (χ0n) is 20.4. The first-order valence-corrected chi connectivity index (χ1v) is 12.1. The Balaban J connectivity index is 1.31. The molecule has 0 fully saturated rings. The Labute approximate surface area is 209 Å². The molecule has 6 rings (SSSR count). The van der Waals surface area contributed by atoms with Crippen molar-refractivity contribution in [2.75, 3.05) is 19.0 Å². The number of benzene rings is 2. The van der Waals surface area contributed by atoms with Gasteiger partial charge in [-0.15, -0.1) is 5.10 Å². The van der Waals surface area contributed by atoms with Crippen LogP contribution in [0.25, 0.3) is 17.2 Å². The third kappa shape index (κ3) is 4.31. The molecule has 0 atom stereocenters. The first-order valence-electron chi connectivity index (χ1n) is 12.1. The van der Waals surface area contributed by atoms with Crippen LogP contribution in [0.1, 0.15) is 27.8 Å². The molecular weight excluding hydrogens is 452 g/mol. The van der Waals surface area contributed by atoms with E-state index in [0.717, 1.165) is 43.0 Å². The molecule has 0 saturated carbocycles. The van der Waals surface area contributed by atoms with Crippen LogP contribution in [0, 0.1) is 6.92 Å². The molecule has 36 heavy (non-hydrogen) atoms. The van der Waals surface area contributed by atoms with E-state index in [2.05, 4.69) is 41.4 Å². The number of nitrogens with one attached hydrogen (secondary N) is 1. The SMILES string of the molecule is COc1ccc2c(c1)CN(Cc1cnc(NCc3ccccc3C)n3nc(-c4ccco4)nc13)CC2. The fourth-order valence-electron chi connectivity index (χ4n) is 4.74. The highest BCUT2D eigenvalue weighted by atomic mass is 16.5. The summed E-state index contributed by atoms with van der Waals surface area (Å²) in [5.74, 6) is 2.72. The number of fused-ring (bicyclic) bond motifs is 2. The normalized spacial score (nSPS) is 13.6. The minimum atomic E-state index is 0.543. The van der Waals surface area contributed by atoms with E-state index in [1.165, 1.54) is 22.3 Å². The molecule has 0 aliphatic carbocycles. The predicted molar refractivity (Wildman–Crippen MR) is 138 cm³/mol. The molecule has 1 aliphatic heterocycles. The molecule has 182 valence electrons. The third-order valence-electron chi connectivity index (χ3n) is 6.78. The van der Waals surface area contributed by atoms with Gasteiger partial charge >= 0.3 is 0 Å². The van der Waals surface area contributed by atoms with Gasteiger partial charge in [-0.25, -0.2) is 9.97 Å². The number of aryl methyl sites for hydroxylation is 1. The van der Waals surface area contributed by atoms with Gasteiger partial charge in [-0.2, -0.15) is 4.52 Å². The number of methoxy groups -OCH3 is 1. The maximum Gasteiger partial charge on any atom is 0.226 e. The number of rotatable bonds is 7. The van der Waals surface area contributed by atoms with Crippen LogP contribution < -0.4 is 10.1 Å². The molecule has 0 saturated heterocycles. The van der Waals surface area contributed by atoms with Crippen LogP contribution in [-0.4, -0.2) is 38.1 Å². The molecule has 0 unspecified atom stereocenters. The highest BCUT2D eigenvalue weighted by Gasteiger charge is 2.21. The molecule has 4 heterocycles. The lowest BCUT2D eigenvalue weighted by atomic mass is 9.99. The quantitative estimate of drug-likeness (QED) is 0.356. The van der Waals surface area contributed by atoms with Crippen molar-refractivity contribution in [1.82, 2.24) is 24.5 Å². The number of anilines is 1. The van der Waals surface area contributed by atoms with E-state index < -0.39 is 0 Å². The van der Waals surface area contributed by atoms with E-state index >= 15 is 0 Å². The van der Waals surface area contributed by atoms with Crippen molar-refractivity contribution >= 4 is 11.6 Å². The highest BCUT2D eigenvalue weighted by Crippen LogP contribution is 2.27. The van der Waals surface area contributed by atoms with Crippen LogP contribution in [0.2, 0.25) is 0 Å². The van der Waals surface area contributed by atoms with Gasteiger partial charge in [-0.1, -0.05) is 30.3 Å². The van der Waals surface area contributed by atoms with Crippen LogP contribution in [0.4, 0.5) is 5.95 Å². The Morgan fingerprint density at radius 2 is 1.97 bits per heavy atom. The zero-order valence-corrected chi connectivity index (χ0v) is 20.4. The summed E-state index contributed by atoms with van der Waals surface area (Å²) in [4.78, 5) is 12.0. The second-order valence-electron chi connectivity index (χ2n) is 9.13. The van der Waals surface area contributed by atoms with E-state index in [4.69, 9.17) is 24.2 Å². The average molecular weight is 481 g/mol. The van der Waals surface area contributed by atoms with Gasteiger partial charge < -0.3 is 14.5 Å². The van der Waals surface area contributed by atoms with Crippen LogP contribution in [0.3, 0.4) is 0 Å². The Morgan fingerprint density at radius 3 is 2.81 bits per heavy atom. The van der Waals surface area contributed by atoms with Gasteiger partial charge in [0.2, 0.25) is 11.8 Å². The molecule has 1 aliphatic rings. The molecule has 1 N–H and O–H groups in total. The Kier molecular flexibility index (Phi) is 5.87. The molecule has 2 aromatic carbocycles. The summed E-state index contributed by atoms with van der Waals surface area (Å²) < 4.78 is 12.8. The molecule has 5 aromatic rings. The lowest BCUT2D eigenvalue weighted by Gasteiger charge is -2.29. The predicted octanol–water partition coefficient (Wildman–Crippen LogP) is 4.87. The zero-order chi connectivity index (χ0) is 24.5. The van der Waals surface area contributed by atoms with Gasteiger partial charge in [-0.3, -0.25) is 4.90 Å². The molecule has 3 aromatic heterocycles. The first-order chi connectivity index (χ1) is 17.7. The van der Waals surface area contributed by atoms with E-state index in [9.17, 15) is 0 Å². The van der Waals surface area contributed by atoms with Crippen molar-refractivity contribution in [3.8, 4) is 17.3 Å². The summed E-state index contributed by atoms with van der Waals surface area (Å²) in [6, 6.07) is 18.4. The Hall–Kier alpha value is -4.17. The van der Waals surface area contributed by atoms with Gasteiger partial charge in [0.25, 0.3) is 0 Å². The second-order valence-corrected chi connectivity index (χ2v) is 9.13. The topological polar surface area (TPSA) is 80.7 Å². The summed E-state index contributed by atoms with van der Waals surface area (Å²) >= 11 is 0. The summed E-state index contributed by atoms with van der Waals surface area (Å²) in [6.07, 6.45) is 4.55. The van der Waals surface area contributed by atoms with Crippen LogP contribution >= 0.6 is 0 Å². The van der Waals surface area contributed by atoms with Crippen molar-refractivity contribution in [2.24, 2.45) is 0 Å². The van der Waals surface area contributed by atoms with Crippen molar-refractivity contribution in [1.29, 1.82) is 0 Å². The van der Waals surface area contributed by atoms with Crippen molar-refractivity contribution in [3.63, 3.8) is 0 Å². The lowest BCUT2D eigenvalue weighted by molar-refractivity contribution is 0.245. The maximum atomic E-state index is 5.58. The van der Waals surface area contributed by atoms with Gasteiger partial charge in [0, 0.05) is 37.9 Å². The summed E-state index contributed by atoms with van der Waals surface area (Å²) in [5, 5.41) is 8.21. The van der Waals surface area contributed by atoms with Crippen LogP contribution in [0.15, 0.2) is 71.5 Å². The molecule has 0 amide bonds. The van der Waals surface area contributed by atoms with Gasteiger partial charge in [0.1, 0.15) is 5.75 Å². The van der Waals surface area contributed by atoms with Crippen molar-refractivity contribution in [3.05, 3.63) is 94.9 Å². The van der Waals surface area contributed by atoms with E-state index in [1.54, 1.807) is 17.9 Å². The number of ether oxygens (including phenoxy) is 1. The first kappa shape index (κ1) is 22.3. The van der Waals surface area contributed by atoms with E-state index in [0.29, 0.717) is 24.1 Å². The van der Waals surface area contributed by atoms with Gasteiger partial charge in [0.15, 0.2) is 11.4 Å². The largest absolute Gasteiger partial charge is 0.497 e. The minimum absolute atomic E-state index is 0.543. The lowest BCUT2D eigenvalue weighted by Crippen LogP contribution is -2.30. The third-order valence-corrected chi connectivity index (χ3v) is 6.78. The number of furan rings is 1. The molecule has 8 nitrogen and oxygen atoms in total. The molecule has 0 radical (unpaired) electrons. The monoisotopic (exact) mass is 480 g/mol. The van der Waals surface area contributed by atoms with Crippen LogP contribution in [-0.2, 0) is 26.1 Å². The number of hydrogen-bond donors (Lipinski definition) is 1. The average Bonchev–Trinajstić information content (AvgIpc) is 3.59. The summed E-state index contributed by atoms with van der Waals surface area (Å²) in [5.41, 5.74) is 6.93. The van der Waals surface area contributed by atoms with Crippen molar-refractivity contribution < 1.29 is 9.15 Å². The smallest absolute Gasteiger partial charge is 0.226 e. The number of nitrogens with zero attached hydrogens (tertiary/aromatic N) is 5. The summed E-state index contributed by atoms with van der Waals surface area (Å²) in [7, 11) is 1.71. The minimum Gasteiger partial charge on any atom is -0.497 e. The highest BCUT2D eigenvalue weighted by molar-refractivity contribution is 5.58. The van der Waals surface area contributed by atoms with Gasteiger partial charge in [0.05, 0.1) is 13.4 Å². The van der Waals surface area contributed by atoms with Crippen molar-refractivity contribution in [2.45, 2.75) is 33.0 Å². The van der Waals surface area contributed by atoms with E-state index in [1.807, 2.05) is 36.5 Å². The maximum absolute atomic E-state index is 5.58. The number of aromatic nitrogens is 4. The Morgan fingerprint density at radius 1 is 1.06 bits per heavy atom. The van der Waals surface area contributed by atoms with Crippen LogP contribution in [0.5, 0.6) is 5.75 Å². The fraction of sp³-hybridized carbons (Fsp3) is 0.250.